The summed E-state index contributed by atoms with van der Waals surface area (Å²) in [6.07, 6.45) is 0.705. The van der Waals surface area contributed by atoms with Gasteiger partial charge in [0.05, 0.1) is 10.6 Å². The summed E-state index contributed by atoms with van der Waals surface area (Å²) in [6.45, 7) is 0.191. The Morgan fingerprint density at radius 2 is 1.38 bits per heavy atom. The minimum atomic E-state index is 0.191. The number of hydrogen-bond donors (Lipinski definition) is 2. The molecule has 0 amide bonds. The molecule has 0 atom stereocenters. The molecule has 0 saturated heterocycles. The first-order valence-electron chi connectivity index (χ1n) is 6.91. The van der Waals surface area contributed by atoms with Crippen LogP contribution < -0.4 is 5.73 Å². The summed E-state index contributed by atoms with van der Waals surface area (Å²) in [5.74, 6) is 0. The Bertz CT molecular complexity index is 714. The number of hydrogen-bond acceptors (Lipinski definition) is 3. The van der Waals surface area contributed by atoms with E-state index in [1.165, 1.54) is 11.1 Å². The van der Waals surface area contributed by atoms with Crippen molar-refractivity contribution in [2.45, 2.75) is 6.42 Å². The number of anilines is 1. The Kier molecular flexibility index (Phi) is 4.04. The van der Waals surface area contributed by atoms with Crippen LogP contribution in [0.1, 0.15) is 5.56 Å². The fourth-order valence-electron chi connectivity index (χ4n) is 2.36. The predicted molar refractivity (Wildman–Crippen MR) is 90.4 cm³/mol. The third-order valence-electron chi connectivity index (χ3n) is 3.53. The van der Waals surface area contributed by atoms with Crippen molar-refractivity contribution in [2.75, 3.05) is 12.3 Å². The lowest BCUT2D eigenvalue weighted by Crippen LogP contribution is -1.90. The first-order chi connectivity index (χ1) is 10.3. The highest BCUT2D eigenvalue weighted by Crippen LogP contribution is 2.32. The van der Waals surface area contributed by atoms with Crippen LogP contribution in [0, 0.1) is 0 Å². The van der Waals surface area contributed by atoms with Gasteiger partial charge in [-0.3, -0.25) is 0 Å². The highest BCUT2D eigenvalue weighted by molar-refractivity contribution is 7.14. The standard InChI is InChI=1S/C18H17NOS/c19-17-10-12-21-18(17)16-7-5-15(6-8-16)14-3-1-13(2-4-14)9-11-20/h1-8,10,12,20H,9,11,19H2. The van der Waals surface area contributed by atoms with Crippen molar-refractivity contribution in [3.8, 4) is 21.6 Å². The van der Waals surface area contributed by atoms with E-state index in [9.17, 15) is 0 Å². The summed E-state index contributed by atoms with van der Waals surface area (Å²) in [5, 5.41) is 11.0. The van der Waals surface area contributed by atoms with Crippen LogP contribution in [0.3, 0.4) is 0 Å². The Labute approximate surface area is 128 Å². The molecule has 3 aromatic rings. The quantitative estimate of drug-likeness (QED) is 0.757. The molecule has 21 heavy (non-hydrogen) atoms. The largest absolute Gasteiger partial charge is 0.398 e. The summed E-state index contributed by atoms with van der Waals surface area (Å²) in [6, 6.07) is 18.7. The summed E-state index contributed by atoms with van der Waals surface area (Å²) in [5.41, 5.74) is 11.5. The Morgan fingerprint density at radius 1 is 0.810 bits per heavy atom. The van der Waals surface area contributed by atoms with Crippen molar-refractivity contribution in [3.05, 3.63) is 65.5 Å². The van der Waals surface area contributed by atoms with Crippen LogP contribution in [-0.4, -0.2) is 11.7 Å². The van der Waals surface area contributed by atoms with Crippen LogP contribution in [0.5, 0.6) is 0 Å². The van der Waals surface area contributed by atoms with Gasteiger partial charge in [0.15, 0.2) is 0 Å². The lowest BCUT2D eigenvalue weighted by molar-refractivity contribution is 0.299. The zero-order valence-electron chi connectivity index (χ0n) is 11.6. The summed E-state index contributed by atoms with van der Waals surface area (Å²) in [7, 11) is 0. The maximum atomic E-state index is 8.94. The monoisotopic (exact) mass is 295 g/mol. The molecule has 0 spiro atoms. The second-order valence-corrected chi connectivity index (χ2v) is 5.87. The highest BCUT2D eigenvalue weighted by Gasteiger charge is 2.04. The minimum absolute atomic E-state index is 0.191. The summed E-state index contributed by atoms with van der Waals surface area (Å²) < 4.78 is 0. The lowest BCUT2D eigenvalue weighted by atomic mass is 10.0. The van der Waals surface area contributed by atoms with Crippen LogP contribution in [-0.2, 0) is 6.42 Å². The molecule has 0 radical (unpaired) electrons. The number of benzene rings is 2. The zero-order valence-corrected chi connectivity index (χ0v) is 12.4. The first-order valence-corrected chi connectivity index (χ1v) is 7.79. The molecule has 0 fully saturated rings. The molecule has 3 rings (SSSR count). The SMILES string of the molecule is Nc1ccsc1-c1ccc(-c2ccc(CCO)cc2)cc1. The van der Waals surface area contributed by atoms with E-state index in [0.717, 1.165) is 21.7 Å². The van der Waals surface area contributed by atoms with Crippen LogP contribution >= 0.6 is 11.3 Å². The molecule has 1 heterocycles. The summed E-state index contributed by atoms with van der Waals surface area (Å²) in [4.78, 5) is 1.12. The van der Waals surface area contributed by atoms with Gasteiger partial charge in [-0.15, -0.1) is 11.3 Å². The summed E-state index contributed by atoms with van der Waals surface area (Å²) >= 11 is 1.66. The molecule has 3 N–H and O–H groups in total. The van der Waals surface area contributed by atoms with Crippen molar-refractivity contribution < 1.29 is 5.11 Å². The number of aliphatic hydroxyl groups is 1. The third kappa shape index (κ3) is 2.99. The Morgan fingerprint density at radius 3 is 1.90 bits per heavy atom. The van der Waals surface area contributed by atoms with E-state index in [1.54, 1.807) is 11.3 Å². The van der Waals surface area contributed by atoms with Crippen molar-refractivity contribution in [1.29, 1.82) is 0 Å². The van der Waals surface area contributed by atoms with Gasteiger partial charge in [0, 0.05) is 6.61 Å². The number of aliphatic hydroxyl groups excluding tert-OH is 1. The van der Waals surface area contributed by atoms with Crippen LogP contribution in [0.2, 0.25) is 0 Å². The molecule has 0 saturated carbocycles. The van der Waals surface area contributed by atoms with Crippen LogP contribution in [0.25, 0.3) is 21.6 Å². The Hall–Kier alpha value is -2.10. The number of thiophene rings is 1. The van der Waals surface area contributed by atoms with E-state index < -0.39 is 0 Å². The van der Waals surface area contributed by atoms with Crippen molar-refractivity contribution >= 4 is 17.0 Å². The smallest absolute Gasteiger partial charge is 0.0572 e. The molecular formula is C18H17NOS. The van der Waals surface area contributed by atoms with Gasteiger partial charge in [-0.25, -0.2) is 0 Å². The highest BCUT2D eigenvalue weighted by atomic mass is 32.1. The van der Waals surface area contributed by atoms with Gasteiger partial charge in [0.1, 0.15) is 0 Å². The van der Waals surface area contributed by atoms with Crippen molar-refractivity contribution in [1.82, 2.24) is 0 Å². The van der Waals surface area contributed by atoms with Crippen molar-refractivity contribution in [2.24, 2.45) is 0 Å². The van der Waals surface area contributed by atoms with E-state index in [2.05, 4.69) is 48.5 Å². The number of nitrogen functional groups attached to an aromatic ring is 1. The fraction of sp³-hybridized carbons (Fsp3) is 0.111. The molecule has 2 aromatic carbocycles. The van der Waals surface area contributed by atoms with E-state index in [-0.39, 0.29) is 6.61 Å². The minimum Gasteiger partial charge on any atom is -0.398 e. The number of nitrogens with two attached hydrogens (primary N) is 1. The maximum Gasteiger partial charge on any atom is 0.0572 e. The van der Waals surface area contributed by atoms with Crippen molar-refractivity contribution in [3.63, 3.8) is 0 Å². The zero-order chi connectivity index (χ0) is 14.7. The van der Waals surface area contributed by atoms with Gasteiger partial charge in [0.25, 0.3) is 0 Å². The topological polar surface area (TPSA) is 46.2 Å². The van der Waals surface area contributed by atoms with Gasteiger partial charge in [-0.2, -0.15) is 0 Å². The molecule has 0 bridgehead atoms. The molecule has 0 unspecified atom stereocenters. The predicted octanol–water partition coefficient (Wildman–Crippen LogP) is 4.20. The second-order valence-electron chi connectivity index (χ2n) is 4.95. The van der Waals surface area contributed by atoms with Crippen LogP contribution in [0.4, 0.5) is 5.69 Å². The Balaban J connectivity index is 1.85. The normalized spacial score (nSPS) is 10.7. The fourth-order valence-corrected chi connectivity index (χ4v) is 3.19. The number of rotatable bonds is 4. The van der Waals surface area contributed by atoms with Gasteiger partial charge < -0.3 is 10.8 Å². The molecule has 106 valence electrons. The molecule has 0 aliphatic carbocycles. The first kappa shape index (κ1) is 13.9. The van der Waals surface area contributed by atoms with E-state index in [4.69, 9.17) is 10.8 Å². The third-order valence-corrected chi connectivity index (χ3v) is 4.51. The lowest BCUT2D eigenvalue weighted by Gasteiger charge is -2.05. The van der Waals surface area contributed by atoms with Gasteiger partial charge in [0.2, 0.25) is 0 Å². The molecule has 0 aliphatic rings. The molecule has 2 nitrogen and oxygen atoms in total. The molecular weight excluding hydrogens is 278 g/mol. The van der Waals surface area contributed by atoms with E-state index >= 15 is 0 Å². The van der Waals surface area contributed by atoms with Gasteiger partial charge in [-0.1, -0.05) is 48.5 Å². The molecule has 3 heteroatoms. The van der Waals surface area contributed by atoms with Crippen LogP contribution in [0.15, 0.2) is 60.0 Å². The van der Waals surface area contributed by atoms with Gasteiger partial charge in [-0.05, 0) is 40.1 Å². The van der Waals surface area contributed by atoms with Gasteiger partial charge >= 0.3 is 0 Å². The maximum absolute atomic E-state index is 8.94. The second kappa shape index (κ2) is 6.12. The van der Waals surface area contributed by atoms with E-state index in [1.807, 2.05) is 11.4 Å². The average Bonchev–Trinajstić information content (AvgIpc) is 2.95. The average molecular weight is 295 g/mol. The molecule has 0 aliphatic heterocycles. The molecule has 1 aromatic heterocycles. The van der Waals surface area contributed by atoms with E-state index in [0.29, 0.717) is 6.42 Å².